The Balaban J connectivity index is 1.62. The van der Waals surface area contributed by atoms with Crippen LogP contribution in [-0.2, 0) is 0 Å². The van der Waals surface area contributed by atoms with E-state index in [1.54, 1.807) is 0 Å². The Morgan fingerprint density at radius 1 is 0.929 bits per heavy atom. The summed E-state index contributed by atoms with van der Waals surface area (Å²) in [5.74, 6) is 2.45. The molecule has 5 nitrogen and oxygen atoms in total. The summed E-state index contributed by atoms with van der Waals surface area (Å²) in [4.78, 5) is 11.9. The molecule has 1 N–H and O–H groups in total. The predicted octanol–water partition coefficient (Wildman–Crippen LogP) is 5.27. The number of nitrogens with zero attached hydrogens (tertiary/aromatic N) is 3. The Morgan fingerprint density at radius 2 is 1.64 bits per heavy atom. The molecule has 0 radical (unpaired) electrons. The first-order valence-electron chi connectivity index (χ1n) is 9.90. The Labute approximate surface area is 166 Å². The molecule has 1 aliphatic rings. The SMILES string of the molecule is CC(C)Oc1ccc(Nc2nc(-c3ccccc3)cc(N3CCCC3)n2)cc1. The van der Waals surface area contributed by atoms with Crippen LogP contribution in [0.4, 0.5) is 17.5 Å². The lowest BCUT2D eigenvalue weighted by Gasteiger charge is -2.18. The van der Waals surface area contributed by atoms with E-state index >= 15 is 0 Å². The highest BCUT2D eigenvalue weighted by Crippen LogP contribution is 2.27. The third kappa shape index (κ3) is 4.42. The van der Waals surface area contributed by atoms with Crippen LogP contribution in [0.5, 0.6) is 5.75 Å². The first-order chi connectivity index (χ1) is 13.7. The molecular formula is C23H26N4O. The van der Waals surface area contributed by atoms with E-state index in [9.17, 15) is 0 Å². The van der Waals surface area contributed by atoms with Crippen molar-refractivity contribution in [1.82, 2.24) is 9.97 Å². The van der Waals surface area contributed by atoms with Crippen molar-refractivity contribution in [3.05, 3.63) is 60.7 Å². The number of rotatable bonds is 6. The molecule has 28 heavy (non-hydrogen) atoms. The van der Waals surface area contributed by atoms with E-state index in [1.807, 2.05) is 56.3 Å². The van der Waals surface area contributed by atoms with Crippen molar-refractivity contribution in [1.29, 1.82) is 0 Å². The van der Waals surface area contributed by atoms with Crippen molar-refractivity contribution in [3.63, 3.8) is 0 Å². The van der Waals surface area contributed by atoms with Crippen molar-refractivity contribution in [2.75, 3.05) is 23.3 Å². The summed E-state index contributed by atoms with van der Waals surface area (Å²) in [5, 5.41) is 3.35. The molecule has 1 aromatic heterocycles. The van der Waals surface area contributed by atoms with E-state index in [1.165, 1.54) is 12.8 Å². The van der Waals surface area contributed by atoms with Gasteiger partial charge in [0.05, 0.1) is 11.8 Å². The monoisotopic (exact) mass is 374 g/mol. The largest absolute Gasteiger partial charge is 0.491 e. The van der Waals surface area contributed by atoms with Crippen LogP contribution in [0.2, 0.25) is 0 Å². The number of hydrogen-bond acceptors (Lipinski definition) is 5. The van der Waals surface area contributed by atoms with Gasteiger partial charge in [0.2, 0.25) is 5.95 Å². The van der Waals surface area contributed by atoms with Gasteiger partial charge in [-0.3, -0.25) is 0 Å². The lowest BCUT2D eigenvalue weighted by molar-refractivity contribution is 0.242. The van der Waals surface area contributed by atoms with Crippen LogP contribution < -0.4 is 15.0 Å². The number of aromatic nitrogens is 2. The molecule has 0 saturated carbocycles. The zero-order valence-corrected chi connectivity index (χ0v) is 16.4. The first kappa shape index (κ1) is 18.3. The van der Waals surface area contributed by atoms with Gasteiger partial charge in [-0.2, -0.15) is 4.98 Å². The standard InChI is InChI=1S/C23H26N4O/c1-17(2)28-20-12-10-19(11-13-20)24-23-25-21(18-8-4-3-5-9-18)16-22(26-23)27-14-6-7-15-27/h3-5,8-13,16-17H,6-7,14-15H2,1-2H3,(H,24,25,26). The van der Waals surface area contributed by atoms with Gasteiger partial charge in [0, 0.05) is 30.4 Å². The van der Waals surface area contributed by atoms with Gasteiger partial charge in [0.1, 0.15) is 11.6 Å². The topological polar surface area (TPSA) is 50.3 Å². The van der Waals surface area contributed by atoms with Crippen molar-refractivity contribution >= 4 is 17.5 Å². The number of anilines is 3. The second-order valence-electron chi connectivity index (χ2n) is 7.31. The summed E-state index contributed by atoms with van der Waals surface area (Å²) in [6, 6.07) is 20.3. The summed E-state index contributed by atoms with van der Waals surface area (Å²) >= 11 is 0. The molecule has 0 spiro atoms. The zero-order chi connectivity index (χ0) is 19.3. The van der Waals surface area contributed by atoms with Crippen LogP contribution in [0.1, 0.15) is 26.7 Å². The van der Waals surface area contributed by atoms with Crippen LogP contribution in [-0.4, -0.2) is 29.2 Å². The fraction of sp³-hybridized carbons (Fsp3) is 0.304. The van der Waals surface area contributed by atoms with Crippen LogP contribution in [0.3, 0.4) is 0 Å². The Morgan fingerprint density at radius 3 is 2.32 bits per heavy atom. The lowest BCUT2D eigenvalue weighted by atomic mass is 10.1. The quantitative estimate of drug-likeness (QED) is 0.636. The first-order valence-corrected chi connectivity index (χ1v) is 9.90. The van der Waals surface area contributed by atoms with E-state index in [0.717, 1.165) is 41.6 Å². The van der Waals surface area contributed by atoms with Gasteiger partial charge in [-0.1, -0.05) is 30.3 Å². The molecule has 0 unspecified atom stereocenters. The highest BCUT2D eigenvalue weighted by molar-refractivity contribution is 5.66. The van der Waals surface area contributed by atoms with Crippen molar-refractivity contribution in [2.45, 2.75) is 32.8 Å². The van der Waals surface area contributed by atoms with Crippen LogP contribution in [0, 0.1) is 0 Å². The molecule has 0 bridgehead atoms. The van der Waals surface area contributed by atoms with E-state index in [0.29, 0.717) is 5.95 Å². The van der Waals surface area contributed by atoms with Gasteiger partial charge >= 0.3 is 0 Å². The summed E-state index contributed by atoms with van der Waals surface area (Å²) < 4.78 is 5.72. The smallest absolute Gasteiger partial charge is 0.229 e. The van der Waals surface area contributed by atoms with Crippen LogP contribution >= 0.6 is 0 Å². The third-order valence-corrected chi connectivity index (χ3v) is 4.69. The number of ether oxygens (including phenoxy) is 1. The molecule has 1 saturated heterocycles. The summed E-state index contributed by atoms with van der Waals surface area (Å²) in [6.45, 7) is 6.14. The van der Waals surface area contributed by atoms with Crippen molar-refractivity contribution < 1.29 is 4.74 Å². The third-order valence-electron chi connectivity index (χ3n) is 4.69. The molecule has 2 aromatic carbocycles. The van der Waals surface area contributed by atoms with Crippen molar-refractivity contribution in [3.8, 4) is 17.0 Å². The van der Waals surface area contributed by atoms with Gasteiger partial charge in [0.15, 0.2) is 0 Å². The highest BCUT2D eigenvalue weighted by Gasteiger charge is 2.16. The molecule has 2 heterocycles. The Kier molecular flexibility index (Phi) is 5.42. The molecule has 0 amide bonds. The maximum Gasteiger partial charge on any atom is 0.229 e. The molecule has 3 aromatic rings. The van der Waals surface area contributed by atoms with Gasteiger partial charge in [0.25, 0.3) is 0 Å². The van der Waals surface area contributed by atoms with Crippen LogP contribution in [0.15, 0.2) is 60.7 Å². The molecule has 144 valence electrons. The van der Waals surface area contributed by atoms with Crippen LogP contribution in [0.25, 0.3) is 11.3 Å². The summed E-state index contributed by atoms with van der Waals surface area (Å²) in [7, 11) is 0. The zero-order valence-electron chi connectivity index (χ0n) is 16.4. The van der Waals surface area contributed by atoms with E-state index < -0.39 is 0 Å². The van der Waals surface area contributed by atoms with E-state index in [-0.39, 0.29) is 6.10 Å². The fourth-order valence-electron chi connectivity index (χ4n) is 3.37. The van der Waals surface area contributed by atoms with Gasteiger partial charge in [-0.15, -0.1) is 0 Å². The minimum atomic E-state index is 0.160. The van der Waals surface area contributed by atoms with Gasteiger partial charge in [-0.05, 0) is 51.0 Å². The Bertz CT molecular complexity index is 904. The maximum absolute atomic E-state index is 5.72. The average molecular weight is 374 g/mol. The van der Waals surface area contributed by atoms with Gasteiger partial charge < -0.3 is 15.0 Å². The molecule has 0 atom stereocenters. The minimum absolute atomic E-state index is 0.160. The molecular weight excluding hydrogens is 348 g/mol. The Hall–Kier alpha value is -3.08. The van der Waals surface area contributed by atoms with Gasteiger partial charge in [-0.25, -0.2) is 4.98 Å². The van der Waals surface area contributed by atoms with E-state index in [4.69, 9.17) is 14.7 Å². The maximum atomic E-state index is 5.72. The number of nitrogens with one attached hydrogen (secondary N) is 1. The predicted molar refractivity (Wildman–Crippen MR) is 114 cm³/mol. The fourth-order valence-corrected chi connectivity index (χ4v) is 3.37. The molecule has 4 rings (SSSR count). The molecule has 1 fully saturated rings. The van der Waals surface area contributed by atoms with E-state index in [2.05, 4.69) is 28.4 Å². The lowest BCUT2D eigenvalue weighted by Crippen LogP contribution is -2.19. The second kappa shape index (κ2) is 8.30. The normalized spacial score (nSPS) is 13.8. The molecule has 1 aliphatic heterocycles. The molecule has 5 heteroatoms. The summed E-state index contributed by atoms with van der Waals surface area (Å²) in [5.41, 5.74) is 2.96. The second-order valence-corrected chi connectivity index (χ2v) is 7.31. The number of benzene rings is 2. The minimum Gasteiger partial charge on any atom is -0.491 e. The molecule has 0 aliphatic carbocycles. The van der Waals surface area contributed by atoms with Crippen molar-refractivity contribution in [2.24, 2.45) is 0 Å². The number of hydrogen-bond donors (Lipinski definition) is 1. The average Bonchev–Trinajstić information content (AvgIpc) is 3.25. The highest BCUT2D eigenvalue weighted by atomic mass is 16.5. The summed E-state index contributed by atoms with van der Waals surface area (Å²) in [6.07, 6.45) is 2.59.